The van der Waals surface area contributed by atoms with Gasteiger partial charge in [0.25, 0.3) is 0 Å². The first-order valence-electron chi connectivity index (χ1n) is 11.5. The van der Waals surface area contributed by atoms with Crippen molar-refractivity contribution in [3.63, 3.8) is 0 Å². The molecule has 1 aliphatic carbocycles. The van der Waals surface area contributed by atoms with E-state index in [4.69, 9.17) is 9.47 Å². The number of nitrogens with zero attached hydrogens (tertiary/aromatic N) is 5. The fourth-order valence-electron chi connectivity index (χ4n) is 4.46. The molecule has 9 nitrogen and oxygen atoms in total. The molecular formula is C26H25N5O4. The topological polar surface area (TPSA) is 101 Å². The molecule has 5 rings (SSSR count). The third-order valence-corrected chi connectivity index (χ3v) is 6.32. The van der Waals surface area contributed by atoms with Crippen LogP contribution in [-0.2, 0) is 4.79 Å². The summed E-state index contributed by atoms with van der Waals surface area (Å²) in [5, 5.41) is 13.7. The van der Waals surface area contributed by atoms with Crippen molar-refractivity contribution in [2.24, 2.45) is 0 Å². The Morgan fingerprint density at radius 2 is 1.89 bits per heavy atom. The van der Waals surface area contributed by atoms with Gasteiger partial charge in [0, 0.05) is 31.3 Å². The summed E-state index contributed by atoms with van der Waals surface area (Å²) in [6.45, 7) is 3.64. The zero-order valence-electron chi connectivity index (χ0n) is 19.8. The molecule has 0 radical (unpaired) electrons. The minimum absolute atomic E-state index is 0.107. The molecule has 9 heteroatoms. The average molecular weight is 472 g/mol. The lowest BCUT2D eigenvalue weighted by Crippen LogP contribution is -2.52. The Bertz CT molecular complexity index is 1350. The number of aromatic nitrogens is 2. The quantitative estimate of drug-likeness (QED) is 0.554. The SMILES string of the molecule is COc1ccc(C#N)cc1OC(=O)N1C[C@H](C)N(C(C)=O)c2ccc(-c3cnn(C4CC4)c3)cc21. The second-order valence-corrected chi connectivity index (χ2v) is 8.84. The van der Waals surface area contributed by atoms with E-state index < -0.39 is 6.09 Å². The van der Waals surface area contributed by atoms with Gasteiger partial charge in [-0.05, 0) is 49.6 Å². The molecule has 1 fully saturated rings. The predicted molar refractivity (Wildman–Crippen MR) is 130 cm³/mol. The molecule has 2 amide bonds. The highest BCUT2D eigenvalue weighted by molar-refractivity contribution is 6.03. The number of anilines is 2. The highest BCUT2D eigenvalue weighted by Crippen LogP contribution is 2.41. The summed E-state index contributed by atoms with van der Waals surface area (Å²) >= 11 is 0. The molecule has 0 saturated heterocycles. The number of amides is 2. The highest BCUT2D eigenvalue weighted by Gasteiger charge is 2.35. The Morgan fingerprint density at radius 3 is 2.57 bits per heavy atom. The molecule has 0 N–H and O–H groups in total. The largest absolute Gasteiger partial charge is 0.493 e. The first-order valence-corrected chi connectivity index (χ1v) is 11.5. The number of ether oxygens (including phenoxy) is 2. The Kier molecular flexibility index (Phi) is 5.65. The van der Waals surface area contributed by atoms with Gasteiger partial charge < -0.3 is 14.4 Å². The lowest BCUT2D eigenvalue weighted by Gasteiger charge is -2.40. The van der Waals surface area contributed by atoms with Crippen LogP contribution in [0.2, 0.25) is 0 Å². The van der Waals surface area contributed by atoms with E-state index in [1.54, 1.807) is 17.0 Å². The summed E-state index contributed by atoms with van der Waals surface area (Å²) in [6, 6.07) is 12.6. The third kappa shape index (κ3) is 4.19. The standard InChI is InChI=1S/C26H25N5O4/c1-16-14-29(26(33)35-25-10-18(12-27)4-9-24(25)34-3)23-11-19(5-8-22(23)31(16)17(2)32)20-13-28-30(15-20)21-6-7-21/h4-5,8-11,13,15-16,21H,6-7,14H2,1-3H3/t16-/m0/s1. The van der Waals surface area contributed by atoms with Crippen molar-refractivity contribution in [1.82, 2.24) is 9.78 Å². The van der Waals surface area contributed by atoms with Gasteiger partial charge in [0.1, 0.15) is 0 Å². The molecule has 2 aliphatic rings. The Hall–Kier alpha value is -4.32. The molecule has 0 bridgehead atoms. The van der Waals surface area contributed by atoms with Crippen LogP contribution in [0.4, 0.5) is 16.2 Å². The Labute approximate surface area is 203 Å². The number of nitriles is 1. The van der Waals surface area contributed by atoms with Crippen molar-refractivity contribution in [3.8, 4) is 28.7 Å². The molecule has 1 aliphatic heterocycles. The van der Waals surface area contributed by atoms with Gasteiger partial charge in [-0.2, -0.15) is 10.4 Å². The number of fused-ring (bicyclic) bond motifs is 1. The van der Waals surface area contributed by atoms with Crippen LogP contribution in [0.5, 0.6) is 11.5 Å². The van der Waals surface area contributed by atoms with E-state index >= 15 is 0 Å². The molecule has 0 spiro atoms. The van der Waals surface area contributed by atoms with Crippen molar-refractivity contribution in [2.45, 2.75) is 38.8 Å². The van der Waals surface area contributed by atoms with Crippen molar-refractivity contribution in [1.29, 1.82) is 5.26 Å². The highest BCUT2D eigenvalue weighted by atomic mass is 16.6. The van der Waals surface area contributed by atoms with Gasteiger partial charge >= 0.3 is 6.09 Å². The van der Waals surface area contributed by atoms with Crippen LogP contribution in [0.1, 0.15) is 38.3 Å². The normalized spacial score (nSPS) is 16.9. The van der Waals surface area contributed by atoms with Crippen molar-refractivity contribution in [2.75, 3.05) is 23.5 Å². The van der Waals surface area contributed by atoms with Crippen LogP contribution in [-0.4, -0.2) is 41.5 Å². The fraction of sp³-hybridized carbons (Fsp3) is 0.308. The van der Waals surface area contributed by atoms with Gasteiger partial charge in [0.15, 0.2) is 11.5 Å². The maximum atomic E-state index is 13.4. The predicted octanol–water partition coefficient (Wildman–Crippen LogP) is 4.53. The second kappa shape index (κ2) is 8.80. The van der Waals surface area contributed by atoms with Crippen molar-refractivity contribution >= 4 is 23.4 Å². The fourth-order valence-corrected chi connectivity index (χ4v) is 4.46. The lowest BCUT2D eigenvalue weighted by molar-refractivity contribution is -0.117. The van der Waals surface area contributed by atoms with Crippen molar-refractivity contribution in [3.05, 3.63) is 54.4 Å². The van der Waals surface area contributed by atoms with E-state index in [2.05, 4.69) is 5.10 Å². The second-order valence-electron chi connectivity index (χ2n) is 8.84. The summed E-state index contributed by atoms with van der Waals surface area (Å²) in [7, 11) is 1.47. The van der Waals surface area contributed by atoms with E-state index in [9.17, 15) is 14.9 Å². The zero-order valence-corrected chi connectivity index (χ0v) is 19.8. The van der Waals surface area contributed by atoms with Gasteiger partial charge in [0.05, 0.1) is 48.4 Å². The van der Waals surface area contributed by atoms with E-state index in [0.717, 1.165) is 24.0 Å². The maximum absolute atomic E-state index is 13.4. The number of benzene rings is 2. The van der Waals surface area contributed by atoms with Gasteiger partial charge in [0.2, 0.25) is 5.91 Å². The monoisotopic (exact) mass is 471 g/mol. The minimum atomic E-state index is -0.625. The van der Waals surface area contributed by atoms with Gasteiger partial charge in [-0.15, -0.1) is 0 Å². The summed E-state index contributed by atoms with van der Waals surface area (Å²) in [5.41, 5.74) is 3.36. The molecule has 2 aromatic carbocycles. The lowest BCUT2D eigenvalue weighted by atomic mass is 10.0. The van der Waals surface area contributed by atoms with Gasteiger partial charge in [-0.1, -0.05) is 6.07 Å². The molecule has 3 aromatic rings. The minimum Gasteiger partial charge on any atom is -0.493 e. The van der Waals surface area contributed by atoms with Crippen LogP contribution in [0.3, 0.4) is 0 Å². The third-order valence-electron chi connectivity index (χ3n) is 6.32. The molecule has 1 atom stereocenters. The van der Waals surface area contributed by atoms with Crippen LogP contribution in [0, 0.1) is 11.3 Å². The Balaban J connectivity index is 1.53. The number of methoxy groups -OCH3 is 1. The van der Waals surface area contributed by atoms with E-state index in [0.29, 0.717) is 28.7 Å². The van der Waals surface area contributed by atoms with Crippen LogP contribution in [0.25, 0.3) is 11.1 Å². The molecule has 1 aromatic heterocycles. The smallest absolute Gasteiger partial charge is 0.420 e. The van der Waals surface area contributed by atoms with Crippen LogP contribution in [0.15, 0.2) is 48.8 Å². The molecule has 2 heterocycles. The van der Waals surface area contributed by atoms with Crippen molar-refractivity contribution < 1.29 is 19.1 Å². The molecule has 0 unspecified atom stereocenters. The van der Waals surface area contributed by atoms with E-state index in [1.165, 1.54) is 25.0 Å². The van der Waals surface area contributed by atoms with Gasteiger partial charge in [-0.25, -0.2) is 4.79 Å². The summed E-state index contributed by atoms with van der Waals surface area (Å²) in [5.74, 6) is 0.389. The van der Waals surface area contributed by atoms with E-state index in [1.807, 2.05) is 48.3 Å². The number of carbonyl (C=O) groups is 2. The zero-order chi connectivity index (χ0) is 24.7. The van der Waals surface area contributed by atoms with Gasteiger partial charge in [-0.3, -0.25) is 14.4 Å². The summed E-state index contributed by atoms with van der Waals surface area (Å²) in [4.78, 5) is 29.1. The first-order chi connectivity index (χ1) is 16.9. The molecule has 178 valence electrons. The number of hydrogen-bond donors (Lipinski definition) is 0. The summed E-state index contributed by atoms with van der Waals surface area (Å²) in [6.07, 6.45) is 5.46. The maximum Gasteiger partial charge on any atom is 0.420 e. The Morgan fingerprint density at radius 1 is 1.09 bits per heavy atom. The number of hydrogen-bond acceptors (Lipinski definition) is 6. The summed E-state index contributed by atoms with van der Waals surface area (Å²) < 4.78 is 13.0. The molecule has 1 saturated carbocycles. The van der Waals surface area contributed by atoms with Crippen LogP contribution >= 0.6 is 0 Å². The first kappa shape index (κ1) is 22.5. The molecular weight excluding hydrogens is 446 g/mol. The molecule has 35 heavy (non-hydrogen) atoms. The average Bonchev–Trinajstić information content (AvgIpc) is 3.59. The van der Waals surface area contributed by atoms with E-state index in [-0.39, 0.29) is 24.2 Å². The number of rotatable bonds is 4. The number of carbonyl (C=O) groups excluding carboxylic acids is 2. The van der Waals surface area contributed by atoms with Crippen LogP contribution < -0.4 is 19.3 Å².